The van der Waals surface area contributed by atoms with Crippen molar-refractivity contribution in [2.24, 2.45) is 5.92 Å². The van der Waals surface area contributed by atoms with Crippen molar-refractivity contribution in [1.82, 2.24) is 15.2 Å². The summed E-state index contributed by atoms with van der Waals surface area (Å²) in [6, 6.07) is 0. The van der Waals surface area contributed by atoms with Gasteiger partial charge < -0.3 is 0 Å². The van der Waals surface area contributed by atoms with Gasteiger partial charge in [0.05, 0.1) is 0 Å². The van der Waals surface area contributed by atoms with Gasteiger partial charge >= 0.3 is 0 Å². The van der Waals surface area contributed by atoms with Crippen molar-refractivity contribution in [2.75, 3.05) is 5.32 Å². The van der Waals surface area contributed by atoms with E-state index in [2.05, 4.69) is 20.5 Å². The number of carbonyl (C=O) groups is 1. The average molecular weight is 208 g/mol. The van der Waals surface area contributed by atoms with E-state index in [0.29, 0.717) is 24.1 Å². The Bertz CT molecular complexity index is 341. The van der Waals surface area contributed by atoms with E-state index in [4.69, 9.17) is 0 Å². The largest absolute Gasteiger partial charge is 0.293 e. The lowest BCUT2D eigenvalue weighted by atomic mass is 10.0. The number of hydrogen-bond acceptors (Lipinski definition) is 3. The number of H-pyrrole nitrogens is 1. The molecule has 1 fully saturated rings. The van der Waals surface area contributed by atoms with E-state index in [9.17, 15) is 4.79 Å². The van der Waals surface area contributed by atoms with Crippen LogP contribution in [-0.4, -0.2) is 21.1 Å². The zero-order valence-corrected chi connectivity index (χ0v) is 8.92. The van der Waals surface area contributed by atoms with Crippen LogP contribution in [0.2, 0.25) is 0 Å². The Morgan fingerprint density at radius 2 is 2.27 bits per heavy atom. The number of carbonyl (C=O) groups excluding carboxylic acids is 1. The molecule has 5 nitrogen and oxygen atoms in total. The molecule has 2 rings (SSSR count). The van der Waals surface area contributed by atoms with E-state index in [1.165, 1.54) is 25.7 Å². The second-order valence-electron chi connectivity index (χ2n) is 4.15. The molecule has 1 aromatic heterocycles. The molecule has 82 valence electrons. The first-order chi connectivity index (χ1) is 7.24. The van der Waals surface area contributed by atoms with Gasteiger partial charge in [-0.05, 0) is 25.7 Å². The maximum absolute atomic E-state index is 11.6. The Morgan fingerprint density at radius 3 is 2.87 bits per heavy atom. The molecule has 5 heteroatoms. The van der Waals surface area contributed by atoms with Crippen molar-refractivity contribution in [3.63, 3.8) is 0 Å². The first kappa shape index (κ1) is 10.1. The highest BCUT2D eigenvalue weighted by molar-refractivity contribution is 5.89. The SMILES string of the molecule is Cc1nc(NC(=O)CC2CCCC2)n[nH]1. The maximum Gasteiger partial charge on any atom is 0.248 e. The number of nitrogens with zero attached hydrogens (tertiary/aromatic N) is 2. The molecule has 1 aliphatic carbocycles. The van der Waals surface area contributed by atoms with Gasteiger partial charge in [-0.15, -0.1) is 5.10 Å². The third-order valence-corrected chi connectivity index (χ3v) is 2.80. The van der Waals surface area contributed by atoms with Gasteiger partial charge in [0.15, 0.2) is 0 Å². The second kappa shape index (κ2) is 4.42. The number of nitrogens with one attached hydrogen (secondary N) is 2. The Morgan fingerprint density at radius 1 is 1.53 bits per heavy atom. The van der Waals surface area contributed by atoms with E-state index in [0.717, 1.165) is 0 Å². The highest BCUT2D eigenvalue weighted by atomic mass is 16.1. The Balaban J connectivity index is 1.81. The van der Waals surface area contributed by atoms with Crippen LogP contribution >= 0.6 is 0 Å². The lowest BCUT2D eigenvalue weighted by Gasteiger charge is -2.06. The molecule has 1 aliphatic rings. The van der Waals surface area contributed by atoms with Crippen LogP contribution in [0.3, 0.4) is 0 Å². The number of aryl methyl sites for hydroxylation is 1. The molecule has 0 radical (unpaired) electrons. The van der Waals surface area contributed by atoms with E-state index in [1.807, 2.05) is 0 Å². The monoisotopic (exact) mass is 208 g/mol. The molecule has 1 amide bonds. The van der Waals surface area contributed by atoms with Crippen LogP contribution in [0.5, 0.6) is 0 Å². The third kappa shape index (κ3) is 2.78. The number of aromatic nitrogens is 3. The second-order valence-corrected chi connectivity index (χ2v) is 4.15. The van der Waals surface area contributed by atoms with Crippen molar-refractivity contribution in [3.05, 3.63) is 5.82 Å². The molecule has 15 heavy (non-hydrogen) atoms. The molecular formula is C10H16N4O. The fourth-order valence-electron chi connectivity index (χ4n) is 2.05. The standard InChI is InChI=1S/C10H16N4O/c1-7-11-10(14-13-7)12-9(15)6-8-4-2-3-5-8/h8H,2-6H2,1H3,(H2,11,12,13,14,15). The predicted molar refractivity (Wildman–Crippen MR) is 56.3 cm³/mol. The summed E-state index contributed by atoms with van der Waals surface area (Å²) in [4.78, 5) is 15.6. The van der Waals surface area contributed by atoms with E-state index < -0.39 is 0 Å². The summed E-state index contributed by atoms with van der Waals surface area (Å²) in [5.74, 6) is 1.69. The number of anilines is 1. The Hall–Kier alpha value is -1.39. The van der Waals surface area contributed by atoms with Crippen molar-refractivity contribution >= 4 is 11.9 Å². The summed E-state index contributed by atoms with van der Waals surface area (Å²) in [5.41, 5.74) is 0. The lowest BCUT2D eigenvalue weighted by Crippen LogP contribution is -2.15. The van der Waals surface area contributed by atoms with E-state index in [-0.39, 0.29) is 5.91 Å². The van der Waals surface area contributed by atoms with Gasteiger partial charge in [-0.25, -0.2) is 0 Å². The van der Waals surface area contributed by atoms with Crippen molar-refractivity contribution in [3.8, 4) is 0 Å². The number of aromatic amines is 1. The van der Waals surface area contributed by atoms with Crippen LogP contribution in [-0.2, 0) is 4.79 Å². The van der Waals surface area contributed by atoms with Gasteiger partial charge in [0.1, 0.15) is 5.82 Å². The van der Waals surface area contributed by atoms with E-state index in [1.54, 1.807) is 6.92 Å². The molecule has 0 aliphatic heterocycles. The van der Waals surface area contributed by atoms with Gasteiger partial charge in [-0.2, -0.15) is 4.98 Å². The van der Waals surface area contributed by atoms with Crippen molar-refractivity contribution < 1.29 is 4.79 Å². The minimum atomic E-state index is 0.0286. The molecule has 2 N–H and O–H groups in total. The molecule has 0 saturated heterocycles. The number of rotatable bonds is 3. The topological polar surface area (TPSA) is 70.7 Å². The first-order valence-electron chi connectivity index (χ1n) is 5.43. The zero-order valence-electron chi connectivity index (χ0n) is 8.92. The van der Waals surface area contributed by atoms with Crippen molar-refractivity contribution in [2.45, 2.75) is 39.0 Å². The minimum Gasteiger partial charge on any atom is -0.293 e. The highest BCUT2D eigenvalue weighted by Gasteiger charge is 2.18. The van der Waals surface area contributed by atoms with Gasteiger partial charge in [-0.3, -0.25) is 15.2 Å². The van der Waals surface area contributed by atoms with Gasteiger partial charge in [-0.1, -0.05) is 12.8 Å². The summed E-state index contributed by atoms with van der Waals surface area (Å²) in [5, 5.41) is 9.25. The van der Waals surface area contributed by atoms with Crippen LogP contribution < -0.4 is 5.32 Å². The Kier molecular flexibility index (Phi) is 2.99. The molecule has 1 saturated carbocycles. The van der Waals surface area contributed by atoms with Crippen molar-refractivity contribution in [1.29, 1.82) is 0 Å². The smallest absolute Gasteiger partial charge is 0.248 e. The molecule has 0 aromatic carbocycles. The Labute approximate surface area is 88.7 Å². The average Bonchev–Trinajstić information content (AvgIpc) is 2.77. The summed E-state index contributed by atoms with van der Waals surface area (Å²) >= 11 is 0. The third-order valence-electron chi connectivity index (χ3n) is 2.80. The number of hydrogen-bond donors (Lipinski definition) is 2. The summed E-state index contributed by atoms with van der Waals surface area (Å²) in [6.45, 7) is 1.81. The van der Waals surface area contributed by atoms with Crippen LogP contribution in [0.25, 0.3) is 0 Å². The normalized spacial score (nSPS) is 16.9. The molecule has 1 aromatic rings. The first-order valence-corrected chi connectivity index (χ1v) is 5.43. The fourth-order valence-corrected chi connectivity index (χ4v) is 2.05. The molecule has 0 atom stereocenters. The summed E-state index contributed by atoms with van der Waals surface area (Å²) < 4.78 is 0. The zero-order chi connectivity index (χ0) is 10.7. The van der Waals surface area contributed by atoms with Gasteiger partial charge in [0, 0.05) is 6.42 Å². The van der Waals surface area contributed by atoms with Gasteiger partial charge in [0.2, 0.25) is 11.9 Å². The number of amides is 1. The molecule has 1 heterocycles. The fraction of sp³-hybridized carbons (Fsp3) is 0.700. The molecule has 0 spiro atoms. The van der Waals surface area contributed by atoms with Gasteiger partial charge in [0.25, 0.3) is 0 Å². The summed E-state index contributed by atoms with van der Waals surface area (Å²) in [7, 11) is 0. The minimum absolute atomic E-state index is 0.0286. The van der Waals surface area contributed by atoms with Crippen LogP contribution in [0, 0.1) is 12.8 Å². The molecular weight excluding hydrogens is 192 g/mol. The molecule has 0 bridgehead atoms. The maximum atomic E-state index is 11.6. The predicted octanol–water partition coefficient (Wildman–Crippen LogP) is 1.63. The van der Waals surface area contributed by atoms with E-state index >= 15 is 0 Å². The van der Waals surface area contributed by atoms with Crippen LogP contribution in [0.15, 0.2) is 0 Å². The highest BCUT2D eigenvalue weighted by Crippen LogP contribution is 2.27. The lowest BCUT2D eigenvalue weighted by molar-refractivity contribution is -0.117. The quantitative estimate of drug-likeness (QED) is 0.793. The molecule has 0 unspecified atom stereocenters. The van der Waals surface area contributed by atoms with Crippen LogP contribution in [0.4, 0.5) is 5.95 Å². The van der Waals surface area contributed by atoms with Crippen LogP contribution in [0.1, 0.15) is 37.9 Å². The summed E-state index contributed by atoms with van der Waals surface area (Å²) in [6.07, 6.45) is 5.49.